The molecular weight excluding hydrogens is 368 g/mol. The van der Waals surface area contributed by atoms with Crippen molar-refractivity contribution in [3.63, 3.8) is 0 Å². The lowest BCUT2D eigenvalue weighted by molar-refractivity contribution is -0.115. The Morgan fingerprint density at radius 3 is 2.93 bits per heavy atom. The Hall–Kier alpha value is -2.90. The lowest BCUT2D eigenvalue weighted by Gasteiger charge is -2.12. The molecule has 0 spiro atoms. The van der Waals surface area contributed by atoms with Gasteiger partial charge in [-0.15, -0.1) is 0 Å². The third-order valence-corrected chi connectivity index (χ3v) is 5.70. The molecule has 1 amide bonds. The van der Waals surface area contributed by atoms with Crippen molar-refractivity contribution in [2.24, 2.45) is 5.92 Å². The number of hydrogen-bond acceptors (Lipinski definition) is 5. The van der Waals surface area contributed by atoms with E-state index >= 15 is 0 Å². The quantitative estimate of drug-likeness (QED) is 0.561. The first-order valence-electron chi connectivity index (χ1n) is 10.3. The highest BCUT2D eigenvalue weighted by atomic mass is 16.5. The maximum Gasteiger partial charge on any atom is 0.233 e. The van der Waals surface area contributed by atoms with Crippen LogP contribution in [0.1, 0.15) is 73.4 Å². The van der Waals surface area contributed by atoms with Crippen molar-refractivity contribution in [2.75, 3.05) is 5.32 Å². The molecule has 1 fully saturated rings. The molecule has 29 heavy (non-hydrogen) atoms. The van der Waals surface area contributed by atoms with Gasteiger partial charge in [0.05, 0.1) is 18.3 Å². The van der Waals surface area contributed by atoms with Crippen LogP contribution < -0.4 is 5.32 Å². The van der Waals surface area contributed by atoms with E-state index in [1.165, 1.54) is 17.7 Å². The van der Waals surface area contributed by atoms with Crippen molar-refractivity contribution in [2.45, 2.75) is 64.7 Å². The molecule has 3 N–H and O–H groups in total. The van der Waals surface area contributed by atoms with Crippen molar-refractivity contribution in [3.05, 3.63) is 46.7 Å². The first kappa shape index (κ1) is 19.4. The molecule has 0 radical (unpaired) electrons. The van der Waals surface area contributed by atoms with E-state index in [4.69, 9.17) is 4.52 Å². The molecule has 1 aliphatic carbocycles. The number of hydrogen-bond donors (Lipinski definition) is 3. The average Bonchev–Trinajstić information content (AvgIpc) is 3.43. The van der Waals surface area contributed by atoms with E-state index in [-0.39, 0.29) is 12.3 Å². The molecule has 2 atom stereocenters. The summed E-state index contributed by atoms with van der Waals surface area (Å²) < 4.78 is 5.09. The number of aryl methyl sites for hydroxylation is 1. The fourth-order valence-electron chi connectivity index (χ4n) is 4.29. The van der Waals surface area contributed by atoms with E-state index in [0.717, 1.165) is 30.7 Å². The lowest BCUT2D eigenvalue weighted by Crippen LogP contribution is -2.14. The summed E-state index contributed by atoms with van der Waals surface area (Å²) in [5, 5.41) is 21.4. The van der Waals surface area contributed by atoms with Crippen LogP contribution in [0.4, 0.5) is 5.82 Å². The Morgan fingerprint density at radius 2 is 2.17 bits per heavy atom. The zero-order valence-electron chi connectivity index (χ0n) is 17.2. The topological polar surface area (TPSA) is 112 Å². The second kappa shape index (κ2) is 8.23. The Labute approximate surface area is 169 Å². The minimum absolute atomic E-state index is 0.150. The first-order valence-corrected chi connectivity index (χ1v) is 10.3. The van der Waals surface area contributed by atoms with Gasteiger partial charge < -0.3 is 9.84 Å². The fourth-order valence-corrected chi connectivity index (χ4v) is 4.29. The summed E-state index contributed by atoms with van der Waals surface area (Å²) in [6.07, 6.45) is 6.63. The summed E-state index contributed by atoms with van der Waals surface area (Å²) >= 11 is 0. The highest BCUT2D eigenvalue weighted by molar-refractivity contribution is 5.91. The van der Waals surface area contributed by atoms with Gasteiger partial charge >= 0.3 is 0 Å². The molecule has 8 heteroatoms. The molecule has 0 unspecified atom stereocenters. The number of nitrogens with one attached hydrogen (secondary N) is 3. The number of aromatic nitrogens is 5. The van der Waals surface area contributed by atoms with Gasteiger partial charge in [0, 0.05) is 29.4 Å². The highest BCUT2D eigenvalue weighted by Crippen LogP contribution is 2.40. The number of carbonyl (C=O) groups is 1. The predicted octanol–water partition coefficient (Wildman–Crippen LogP) is 3.86. The largest absolute Gasteiger partial charge is 0.361 e. The van der Waals surface area contributed by atoms with Gasteiger partial charge in [0.1, 0.15) is 5.76 Å². The van der Waals surface area contributed by atoms with Crippen LogP contribution in [-0.4, -0.2) is 31.5 Å². The van der Waals surface area contributed by atoms with E-state index in [1.54, 1.807) is 6.07 Å². The summed E-state index contributed by atoms with van der Waals surface area (Å²) in [5.41, 5.74) is 4.45. The predicted molar refractivity (Wildman–Crippen MR) is 109 cm³/mol. The zero-order valence-corrected chi connectivity index (χ0v) is 17.2. The number of rotatable bonds is 7. The van der Waals surface area contributed by atoms with Crippen LogP contribution >= 0.6 is 0 Å². The second-order valence-corrected chi connectivity index (χ2v) is 8.41. The number of anilines is 1. The van der Waals surface area contributed by atoms with Crippen LogP contribution in [0.5, 0.6) is 0 Å². The number of amides is 1. The number of carbonyl (C=O) groups excluding carboxylic acids is 1. The van der Waals surface area contributed by atoms with Crippen LogP contribution in [-0.2, 0) is 17.6 Å². The summed E-state index contributed by atoms with van der Waals surface area (Å²) in [4.78, 5) is 12.2. The Kier molecular flexibility index (Phi) is 5.51. The van der Waals surface area contributed by atoms with Gasteiger partial charge in [0.25, 0.3) is 0 Å². The smallest absolute Gasteiger partial charge is 0.233 e. The molecule has 3 aromatic rings. The maximum atomic E-state index is 12.2. The fraction of sp³-hybridized carbons (Fsp3) is 0.524. The Balaban J connectivity index is 1.31. The normalized spacial score (nSPS) is 19.2. The van der Waals surface area contributed by atoms with E-state index in [1.807, 2.05) is 19.2 Å². The van der Waals surface area contributed by atoms with Gasteiger partial charge in [0.15, 0.2) is 5.82 Å². The molecular formula is C21H28N6O2. The van der Waals surface area contributed by atoms with E-state index in [0.29, 0.717) is 29.3 Å². The molecule has 3 aromatic heterocycles. The van der Waals surface area contributed by atoms with Gasteiger partial charge in [0.2, 0.25) is 5.91 Å². The van der Waals surface area contributed by atoms with Crippen LogP contribution in [0.25, 0.3) is 0 Å². The van der Waals surface area contributed by atoms with E-state index in [9.17, 15) is 4.79 Å². The van der Waals surface area contributed by atoms with Crippen molar-refractivity contribution >= 4 is 11.7 Å². The zero-order chi connectivity index (χ0) is 20.4. The van der Waals surface area contributed by atoms with Crippen LogP contribution in [0, 0.1) is 12.8 Å². The number of aromatic amines is 2. The number of nitrogens with zero attached hydrogens (tertiary/aromatic N) is 3. The molecule has 3 heterocycles. The van der Waals surface area contributed by atoms with Crippen LogP contribution in [0.2, 0.25) is 0 Å². The number of H-pyrrole nitrogens is 2. The van der Waals surface area contributed by atoms with Crippen molar-refractivity contribution in [1.82, 2.24) is 25.6 Å². The molecule has 4 rings (SSSR count). The molecule has 0 saturated heterocycles. The Morgan fingerprint density at radius 1 is 1.31 bits per heavy atom. The van der Waals surface area contributed by atoms with Crippen LogP contribution in [0.3, 0.4) is 0 Å². The van der Waals surface area contributed by atoms with E-state index < -0.39 is 0 Å². The van der Waals surface area contributed by atoms with Crippen molar-refractivity contribution in [3.8, 4) is 0 Å². The second-order valence-electron chi connectivity index (χ2n) is 8.41. The lowest BCUT2D eigenvalue weighted by atomic mass is 9.94. The molecule has 0 aliphatic heterocycles. The van der Waals surface area contributed by atoms with Gasteiger partial charge in [-0.2, -0.15) is 10.2 Å². The molecule has 8 nitrogen and oxygen atoms in total. The third kappa shape index (κ3) is 4.58. The standard InChI is InChI=1S/C21H28N6O2/c1-12(2)21-16(11-22-26-21)8-14-4-5-15(7-14)18-10-19(25-24-18)23-20(28)9-17-6-13(3)27-29-17/h6,10-12,14-15H,4-5,7-9H2,1-3H3,(H,22,26)(H2,23,24,25,28)/t14-,15+/m0/s1. The summed E-state index contributed by atoms with van der Waals surface area (Å²) in [6, 6.07) is 3.72. The van der Waals surface area contributed by atoms with Crippen LogP contribution in [0.15, 0.2) is 22.9 Å². The molecule has 1 aliphatic rings. The van der Waals surface area contributed by atoms with Gasteiger partial charge in [-0.05, 0) is 50.0 Å². The monoisotopic (exact) mass is 396 g/mol. The maximum absolute atomic E-state index is 12.2. The average molecular weight is 396 g/mol. The van der Waals surface area contributed by atoms with Gasteiger partial charge in [-0.1, -0.05) is 19.0 Å². The SMILES string of the molecule is Cc1cc(CC(=O)Nc2cc([C@@H]3CC[C@H](Cc4cn[nH]c4C(C)C)C3)[nH]n2)on1. The molecule has 154 valence electrons. The third-order valence-electron chi connectivity index (χ3n) is 5.70. The van der Waals surface area contributed by atoms with Gasteiger partial charge in [-0.25, -0.2) is 0 Å². The van der Waals surface area contributed by atoms with Gasteiger partial charge in [-0.3, -0.25) is 15.0 Å². The summed E-state index contributed by atoms with van der Waals surface area (Å²) in [7, 11) is 0. The van der Waals surface area contributed by atoms with E-state index in [2.05, 4.69) is 44.7 Å². The minimum Gasteiger partial charge on any atom is -0.361 e. The molecule has 1 saturated carbocycles. The summed E-state index contributed by atoms with van der Waals surface area (Å²) in [6.45, 7) is 6.22. The first-order chi connectivity index (χ1) is 14.0. The molecule has 0 bridgehead atoms. The molecule has 0 aromatic carbocycles. The highest BCUT2D eigenvalue weighted by Gasteiger charge is 2.28. The summed E-state index contributed by atoms with van der Waals surface area (Å²) in [5.74, 6) is 2.50. The van der Waals surface area contributed by atoms with Crippen molar-refractivity contribution in [1.29, 1.82) is 0 Å². The Bertz CT molecular complexity index is 969. The van der Waals surface area contributed by atoms with Crippen molar-refractivity contribution < 1.29 is 9.32 Å². The minimum atomic E-state index is -0.162.